The third kappa shape index (κ3) is 5.56. The predicted octanol–water partition coefficient (Wildman–Crippen LogP) is 5.36. The first kappa shape index (κ1) is 18.9. The molecule has 0 saturated heterocycles. The molecule has 27 heavy (non-hydrogen) atoms. The fraction of sp³-hybridized carbons (Fsp3) is 0.238. The number of carboxylic acids is 1. The third-order valence-corrected chi connectivity index (χ3v) is 4.72. The minimum Gasteiger partial charge on any atom is -0.494 e. The summed E-state index contributed by atoms with van der Waals surface area (Å²) in [4.78, 5) is 15.3. The van der Waals surface area contributed by atoms with E-state index in [0.29, 0.717) is 6.42 Å². The molecule has 0 saturated carbocycles. The fourth-order valence-corrected chi connectivity index (χ4v) is 3.27. The number of aliphatic carboxylic acids is 1. The molecular weight excluding hydrogens is 360 g/mol. The number of aryl methyl sites for hydroxylation is 1. The molecule has 0 unspecified atom stereocenters. The molecule has 2 N–H and O–H groups in total. The van der Waals surface area contributed by atoms with Crippen molar-refractivity contribution in [3.8, 4) is 17.0 Å². The number of hydrogen-bond donors (Lipinski definition) is 2. The van der Waals surface area contributed by atoms with E-state index in [1.165, 1.54) is 0 Å². The second-order valence-electron chi connectivity index (χ2n) is 6.13. The van der Waals surface area contributed by atoms with Crippen molar-refractivity contribution < 1.29 is 14.6 Å². The van der Waals surface area contributed by atoms with Crippen LogP contribution >= 0.6 is 11.3 Å². The van der Waals surface area contributed by atoms with Gasteiger partial charge in [0.05, 0.1) is 12.3 Å². The lowest BCUT2D eigenvalue weighted by Gasteiger charge is -2.05. The van der Waals surface area contributed by atoms with Gasteiger partial charge in [0.25, 0.3) is 0 Å². The van der Waals surface area contributed by atoms with E-state index in [9.17, 15) is 4.79 Å². The van der Waals surface area contributed by atoms with Crippen LogP contribution in [0.15, 0.2) is 53.9 Å². The fourth-order valence-electron chi connectivity index (χ4n) is 2.54. The molecule has 5 nitrogen and oxygen atoms in total. The van der Waals surface area contributed by atoms with Gasteiger partial charge in [-0.15, -0.1) is 11.3 Å². The van der Waals surface area contributed by atoms with Crippen molar-refractivity contribution in [2.75, 3.05) is 11.9 Å². The van der Waals surface area contributed by atoms with Crippen LogP contribution in [-0.4, -0.2) is 22.7 Å². The molecule has 0 atom stereocenters. The van der Waals surface area contributed by atoms with Crippen LogP contribution in [-0.2, 0) is 11.2 Å². The van der Waals surface area contributed by atoms with Crippen LogP contribution in [0.1, 0.15) is 25.3 Å². The maximum absolute atomic E-state index is 10.6. The number of benzene rings is 2. The first-order valence-electron chi connectivity index (χ1n) is 8.90. The maximum Gasteiger partial charge on any atom is 0.303 e. The Hall–Kier alpha value is -2.86. The van der Waals surface area contributed by atoms with Gasteiger partial charge in [0.1, 0.15) is 5.75 Å². The Kier molecular flexibility index (Phi) is 6.44. The molecule has 0 amide bonds. The lowest BCUT2D eigenvalue weighted by Crippen LogP contribution is -1.97. The molecule has 1 aromatic heterocycles. The Morgan fingerprint density at radius 1 is 1.15 bits per heavy atom. The minimum absolute atomic E-state index is 0.144. The molecule has 0 aliphatic heterocycles. The van der Waals surface area contributed by atoms with E-state index in [2.05, 4.69) is 17.2 Å². The monoisotopic (exact) mass is 382 g/mol. The zero-order valence-corrected chi connectivity index (χ0v) is 16.0. The highest BCUT2D eigenvalue weighted by Crippen LogP contribution is 2.28. The summed E-state index contributed by atoms with van der Waals surface area (Å²) < 4.78 is 5.61. The van der Waals surface area contributed by atoms with Gasteiger partial charge in [-0.25, -0.2) is 4.98 Å². The van der Waals surface area contributed by atoms with Gasteiger partial charge in [-0.2, -0.15) is 0 Å². The molecule has 3 aromatic rings. The Morgan fingerprint density at radius 3 is 2.56 bits per heavy atom. The maximum atomic E-state index is 10.6. The molecule has 0 fully saturated rings. The number of nitrogens with zero attached hydrogens (tertiary/aromatic N) is 1. The summed E-state index contributed by atoms with van der Waals surface area (Å²) in [6.45, 7) is 2.81. The van der Waals surface area contributed by atoms with Crippen molar-refractivity contribution in [2.45, 2.75) is 26.2 Å². The standard InChI is InChI=1S/C21H22N2O3S/c1-2-13-26-18-10-6-16(7-11-18)19-14-27-21(23-19)22-17-8-3-15(4-9-17)5-12-20(24)25/h3-4,6-11,14H,2,5,12-13H2,1H3,(H,22,23)(H,24,25). The summed E-state index contributed by atoms with van der Waals surface area (Å²) in [6.07, 6.45) is 1.67. The first-order valence-corrected chi connectivity index (χ1v) is 9.78. The number of aromatic nitrogens is 1. The summed E-state index contributed by atoms with van der Waals surface area (Å²) in [5, 5.41) is 14.9. The van der Waals surface area contributed by atoms with Crippen LogP contribution in [0.2, 0.25) is 0 Å². The molecule has 140 valence electrons. The van der Waals surface area contributed by atoms with Crippen molar-refractivity contribution in [3.05, 3.63) is 59.5 Å². The lowest BCUT2D eigenvalue weighted by atomic mass is 10.1. The van der Waals surface area contributed by atoms with E-state index >= 15 is 0 Å². The first-order chi connectivity index (χ1) is 13.1. The van der Waals surface area contributed by atoms with E-state index in [4.69, 9.17) is 9.84 Å². The van der Waals surface area contributed by atoms with E-state index in [1.54, 1.807) is 11.3 Å². The molecule has 2 aromatic carbocycles. The minimum atomic E-state index is -0.780. The van der Waals surface area contributed by atoms with E-state index in [0.717, 1.165) is 46.4 Å². The average molecular weight is 382 g/mol. The number of rotatable bonds is 9. The van der Waals surface area contributed by atoms with Gasteiger partial charge < -0.3 is 15.2 Å². The van der Waals surface area contributed by atoms with Gasteiger partial charge in [-0.1, -0.05) is 19.1 Å². The van der Waals surface area contributed by atoms with Crippen molar-refractivity contribution in [2.24, 2.45) is 0 Å². The van der Waals surface area contributed by atoms with Crippen LogP contribution in [0.25, 0.3) is 11.3 Å². The number of nitrogens with one attached hydrogen (secondary N) is 1. The van der Waals surface area contributed by atoms with Gasteiger partial charge in [0.2, 0.25) is 0 Å². The van der Waals surface area contributed by atoms with Crippen molar-refractivity contribution in [3.63, 3.8) is 0 Å². The molecule has 0 spiro atoms. The number of ether oxygens (including phenoxy) is 1. The SMILES string of the molecule is CCCOc1ccc(-c2csc(Nc3ccc(CCC(=O)O)cc3)n2)cc1. The molecule has 0 bridgehead atoms. The number of carboxylic acid groups (broad SMARTS) is 1. The quantitative estimate of drug-likeness (QED) is 0.521. The third-order valence-electron chi connectivity index (χ3n) is 3.96. The second-order valence-corrected chi connectivity index (χ2v) is 6.98. The highest BCUT2D eigenvalue weighted by Gasteiger charge is 2.06. The van der Waals surface area contributed by atoms with Gasteiger partial charge in [0, 0.05) is 23.1 Å². The average Bonchev–Trinajstić information content (AvgIpc) is 3.14. The summed E-state index contributed by atoms with van der Waals surface area (Å²) in [5.41, 5.74) is 3.90. The Morgan fingerprint density at radius 2 is 1.89 bits per heavy atom. The summed E-state index contributed by atoms with van der Waals surface area (Å²) in [7, 11) is 0. The van der Waals surface area contributed by atoms with E-state index < -0.39 is 5.97 Å². The van der Waals surface area contributed by atoms with E-state index in [-0.39, 0.29) is 6.42 Å². The van der Waals surface area contributed by atoms with Crippen LogP contribution < -0.4 is 10.1 Å². The number of hydrogen-bond acceptors (Lipinski definition) is 5. The van der Waals surface area contributed by atoms with Crippen LogP contribution in [0.4, 0.5) is 10.8 Å². The Labute approximate surface area is 162 Å². The van der Waals surface area contributed by atoms with Crippen LogP contribution in [0.3, 0.4) is 0 Å². The van der Waals surface area contributed by atoms with E-state index in [1.807, 2.05) is 53.9 Å². The Bertz CT molecular complexity index is 873. The highest BCUT2D eigenvalue weighted by atomic mass is 32.1. The van der Waals surface area contributed by atoms with Crippen LogP contribution in [0.5, 0.6) is 5.75 Å². The van der Waals surface area contributed by atoms with Gasteiger partial charge in [0.15, 0.2) is 5.13 Å². The van der Waals surface area contributed by atoms with Crippen molar-refractivity contribution in [1.82, 2.24) is 4.98 Å². The molecule has 1 heterocycles. The number of carbonyl (C=O) groups is 1. The van der Waals surface area contributed by atoms with Crippen molar-refractivity contribution in [1.29, 1.82) is 0 Å². The normalized spacial score (nSPS) is 10.6. The largest absolute Gasteiger partial charge is 0.494 e. The van der Waals surface area contributed by atoms with Crippen molar-refractivity contribution >= 4 is 28.1 Å². The zero-order chi connectivity index (χ0) is 19.1. The molecule has 0 radical (unpaired) electrons. The summed E-state index contributed by atoms with van der Waals surface area (Å²) >= 11 is 1.54. The zero-order valence-electron chi connectivity index (χ0n) is 15.1. The smallest absolute Gasteiger partial charge is 0.303 e. The molecular formula is C21H22N2O3S. The highest BCUT2D eigenvalue weighted by molar-refractivity contribution is 7.14. The van der Waals surface area contributed by atoms with Gasteiger partial charge in [-0.3, -0.25) is 4.79 Å². The Balaban J connectivity index is 1.61. The molecule has 3 rings (SSSR count). The molecule has 0 aliphatic carbocycles. The lowest BCUT2D eigenvalue weighted by molar-refractivity contribution is -0.136. The predicted molar refractivity (Wildman–Crippen MR) is 109 cm³/mol. The van der Waals surface area contributed by atoms with Gasteiger partial charge >= 0.3 is 5.97 Å². The topological polar surface area (TPSA) is 71.5 Å². The molecule has 0 aliphatic rings. The van der Waals surface area contributed by atoms with Crippen LogP contribution in [0, 0.1) is 0 Å². The number of thiazole rings is 1. The number of anilines is 2. The second kappa shape index (κ2) is 9.19. The van der Waals surface area contributed by atoms with Gasteiger partial charge in [-0.05, 0) is 54.8 Å². The summed E-state index contributed by atoms with van der Waals surface area (Å²) in [6, 6.07) is 15.7. The summed E-state index contributed by atoms with van der Waals surface area (Å²) in [5.74, 6) is 0.0923. The molecule has 6 heteroatoms.